The number of aliphatic carboxylic acids is 1. The highest BCUT2D eigenvalue weighted by molar-refractivity contribution is 7.89. The van der Waals surface area contributed by atoms with Crippen LogP contribution in [0, 0.1) is 5.82 Å². The molecule has 0 amide bonds. The third-order valence-corrected chi connectivity index (χ3v) is 4.39. The van der Waals surface area contributed by atoms with Crippen LogP contribution in [0.3, 0.4) is 0 Å². The summed E-state index contributed by atoms with van der Waals surface area (Å²) in [6.45, 7) is 0. The maximum absolute atomic E-state index is 13.4. The van der Waals surface area contributed by atoms with Crippen LogP contribution in [0.25, 0.3) is 0 Å². The van der Waals surface area contributed by atoms with Crippen molar-refractivity contribution in [2.24, 2.45) is 0 Å². The van der Waals surface area contributed by atoms with E-state index in [1.807, 2.05) is 4.72 Å². The van der Waals surface area contributed by atoms with Crippen LogP contribution < -0.4 is 4.72 Å². The van der Waals surface area contributed by atoms with Crippen LogP contribution >= 0.6 is 0 Å². The van der Waals surface area contributed by atoms with Crippen LogP contribution in [0.4, 0.5) is 4.39 Å². The van der Waals surface area contributed by atoms with E-state index in [9.17, 15) is 17.6 Å². The fourth-order valence-corrected chi connectivity index (χ4v) is 3.19. The third-order valence-electron chi connectivity index (χ3n) is 2.93. The standard InChI is InChI=1S/C10H11FN2O4S/c11-7-3-1-6-12-8(7)18(16,17)13-10(9(14)15)4-2-5-10/h1,3,6,13H,2,4-5H2,(H,14,15). The van der Waals surface area contributed by atoms with E-state index in [-0.39, 0.29) is 12.8 Å². The van der Waals surface area contributed by atoms with Crippen molar-refractivity contribution in [1.29, 1.82) is 0 Å². The summed E-state index contributed by atoms with van der Waals surface area (Å²) in [6.07, 6.45) is 2.12. The lowest BCUT2D eigenvalue weighted by Gasteiger charge is -2.37. The Balaban J connectivity index is 2.34. The molecular weight excluding hydrogens is 263 g/mol. The van der Waals surface area contributed by atoms with Crippen molar-refractivity contribution < 1.29 is 22.7 Å². The minimum atomic E-state index is -4.27. The largest absolute Gasteiger partial charge is 0.480 e. The molecule has 0 aliphatic heterocycles. The maximum atomic E-state index is 13.4. The molecule has 8 heteroatoms. The van der Waals surface area contributed by atoms with Crippen LogP contribution in [0.2, 0.25) is 0 Å². The van der Waals surface area contributed by atoms with Gasteiger partial charge in [-0.1, -0.05) is 0 Å². The molecule has 1 aliphatic rings. The van der Waals surface area contributed by atoms with E-state index in [0.717, 1.165) is 12.3 Å². The lowest BCUT2D eigenvalue weighted by molar-refractivity contribution is -0.147. The summed E-state index contributed by atoms with van der Waals surface area (Å²) in [4.78, 5) is 14.5. The van der Waals surface area contributed by atoms with Gasteiger partial charge in [0, 0.05) is 6.20 Å². The summed E-state index contributed by atoms with van der Waals surface area (Å²) in [5.74, 6) is -2.27. The zero-order valence-corrected chi connectivity index (χ0v) is 10.1. The van der Waals surface area contributed by atoms with Crippen molar-refractivity contribution in [3.05, 3.63) is 24.1 Å². The number of nitrogens with zero attached hydrogens (tertiary/aromatic N) is 1. The van der Waals surface area contributed by atoms with Gasteiger partial charge in [-0.05, 0) is 31.4 Å². The van der Waals surface area contributed by atoms with E-state index in [4.69, 9.17) is 5.11 Å². The quantitative estimate of drug-likeness (QED) is 0.833. The van der Waals surface area contributed by atoms with E-state index < -0.39 is 32.4 Å². The van der Waals surface area contributed by atoms with Gasteiger partial charge in [-0.3, -0.25) is 4.79 Å². The predicted molar refractivity (Wildman–Crippen MR) is 58.7 cm³/mol. The Labute approximate surface area is 103 Å². The van der Waals surface area contributed by atoms with Crippen LogP contribution in [0.15, 0.2) is 23.4 Å². The second kappa shape index (κ2) is 4.29. The number of nitrogens with one attached hydrogen (secondary N) is 1. The van der Waals surface area contributed by atoms with Gasteiger partial charge >= 0.3 is 5.97 Å². The average Bonchev–Trinajstić information content (AvgIpc) is 2.23. The monoisotopic (exact) mass is 274 g/mol. The topological polar surface area (TPSA) is 96.4 Å². The average molecular weight is 274 g/mol. The molecule has 1 aliphatic carbocycles. The molecule has 0 bridgehead atoms. The fourth-order valence-electron chi connectivity index (χ4n) is 1.76. The number of hydrogen-bond acceptors (Lipinski definition) is 4. The van der Waals surface area contributed by atoms with Crippen molar-refractivity contribution in [2.75, 3.05) is 0 Å². The van der Waals surface area contributed by atoms with Gasteiger partial charge in [0.15, 0.2) is 5.82 Å². The van der Waals surface area contributed by atoms with Crippen LogP contribution in [-0.4, -0.2) is 30.0 Å². The van der Waals surface area contributed by atoms with Gasteiger partial charge in [-0.2, -0.15) is 4.72 Å². The van der Waals surface area contributed by atoms with Gasteiger partial charge in [0.1, 0.15) is 5.54 Å². The predicted octanol–water partition coefficient (Wildman–Crippen LogP) is 0.506. The molecule has 1 aromatic rings. The first-order chi connectivity index (χ1) is 8.37. The Morgan fingerprint density at radius 1 is 1.50 bits per heavy atom. The molecule has 0 spiro atoms. The highest BCUT2D eigenvalue weighted by Gasteiger charge is 2.48. The highest BCUT2D eigenvalue weighted by atomic mass is 32.2. The number of hydrogen-bond donors (Lipinski definition) is 2. The minimum Gasteiger partial charge on any atom is -0.480 e. The fraction of sp³-hybridized carbons (Fsp3) is 0.400. The van der Waals surface area contributed by atoms with Crippen molar-refractivity contribution >= 4 is 16.0 Å². The molecule has 0 aromatic carbocycles. The molecule has 1 saturated carbocycles. The molecular formula is C10H11FN2O4S. The number of carboxylic acid groups (broad SMARTS) is 1. The molecule has 1 fully saturated rings. The molecule has 0 saturated heterocycles. The van der Waals surface area contributed by atoms with Crippen molar-refractivity contribution in [2.45, 2.75) is 29.8 Å². The Bertz CT molecular complexity index is 583. The number of rotatable bonds is 4. The molecule has 0 unspecified atom stereocenters. The van der Waals surface area contributed by atoms with Crippen molar-refractivity contribution in [3.8, 4) is 0 Å². The van der Waals surface area contributed by atoms with E-state index in [2.05, 4.69) is 4.98 Å². The van der Waals surface area contributed by atoms with Crippen molar-refractivity contribution in [3.63, 3.8) is 0 Å². The lowest BCUT2D eigenvalue weighted by atomic mass is 9.78. The Morgan fingerprint density at radius 3 is 2.61 bits per heavy atom. The summed E-state index contributed by atoms with van der Waals surface area (Å²) in [6, 6.07) is 2.21. The van der Waals surface area contributed by atoms with Crippen LogP contribution in [0.1, 0.15) is 19.3 Å². The minimum absolute atomic E-state index is 0.190. The first-order valence-electron chi connectivity index (χ1n) is 5.25. The van der Waals surface area contributed by atoms with Crippen LogP contribution in [0.5, 0.6) is 0 Å². The first kappa shape index (κ1) is 12.9. The number of halogens is 1. The second-order valence-corrected chi connectivity index (χ2v) is 5.73. The summed E-state index contributed by atoms with van der Waals surface area (Å²) in [5.41, 5.74) is -1.53. The molecule has 2 N–H and O–H groups in total. The number of aromatic nitrogens is 1. The second-order valence-electron chi connectivity index (χ2n) is 4.14. The van der Waals surface area contributed by atoms with Gasteiger partial charge in [-0.15, -0.1) is 0 Å². The van der Waals surface area contributed by atoms with Gasteiger partial charge in [0.2, 0.25) is 5.03 Å². The Morgan fingerprint density at radius 2 is 2.17 bits per heavy atom. The summed E-state index contributed by atoms with van der Waals surface area (Å²) in [5, 5.41) is 8.24. The summed E-state index contributed by atoms with van der Waals surface area (Å²) in [7, 11) is -4.27. The van der Waals surface area contributed by atoms with Gasteiger partial charge < -0.3 is 5.11 Å². The molecule has 6 nitrogen and oxygen atoms in total. The highest BCUT2D eigenvalue weighted by Crippen LogP contribution is 2.33. The van der Waals surface area contributed by atoms with E-state index in [1.165, 1.54) is 6.07 Å². The molecule has 1 aromatic heterocycles. The number of pyridine rings is 1. The van der Waals surface area contributed by atoms with Gasteiger partial charge in [0.05, 0.1) is 0 Å². The number of carbonyl (C=O) groups is 1. The summed E-state index contributed by atoms with van der Waals surface area (Å²) < 4.78 is 39.2. The lowest BCUT2D eigenvalue weighted by Crippen LogP contribution is -2.59. The summed E-state index contributed by atoms with van der Waals surface area (Å²) >= 11 is 0. The molecule has 18 heavy (non-hydrogen) atoms. The SMILES string of the molecule is O=C(O)C1(NS(=O)(=O)c2ncccc2F)CCC1. The first-order valence-corrected chi connectivity index (χ1v) is 6.74. The Kier molecular flexibility index (Phi) is 3.07. The van der Waals surface area contributed by atoms with Crippen molar-refractivity contribution in [1.82, 2.24) is 9.71 Å². The number of sulfonamides is 1. The smallest absolute Gasteiger partial charge is 0.324 e. The molecule has 0 atom stereocenters. The zero-order chi connectivity index (χ0) is 13.4. The van der Waals surface area contributed by atoms with E-state index in [0.29, 0.717) is 6.42 Å². The zero-order valence-electron chi connectivity index (χ0n) is 9.26. The molecule has 98 valence electrons. The normalized spacial score (nSPS) is 18.1. The third kappa shape index (κ3) is 2.08. The molecule has 0 radical (unpaired) electrons. The molecule has 1 heterocycles. The number of carboxylic acids is 1. The van der Waals surface area contributed by atoms with E-state index in [1.54, 1.807) is 0 Å². The maximum Gasteiger partial charge on any atom is 0.324 e. The van der Waals surface area contributed by atoms with E-state index >= 15 is 0 Å². The van der Waals surface area contributed by atoms with Crippen LogP contribution in [-0.2, 0) is 14.8 Å². The van der Waals surface area contributed by atoms with Gasteiger partial charge in [0.25, 0.3) is 10.0 Å². The molecule has 2 rings (SSSR count). The van der Waals surface area contributed by atoms with Gasteiger partial charge in [-0.25, -0.2) is 17.8 Å². The Hall–Kier alpha value is -1.54.